The molecule has 2 aliphatic rings. The minimum Gasteiger partial charge on any atom is -0.481 e. The third-order valence-electron chi connectivity index (χ3n) is 5.99. The Kier molecular flexibility index (Phi) is 4.52. The molecule has 2 fully saturated rings. The van der Waals surface area contributed by atoms with Crippen molar-refractivity contribution in [2.75, 3.05) is 13.1 Å². The molecule has 1 aliphatic heterocycles. The van der Waals surface area contributed by atoms with Crippen molar-refractivity contribution >= 4 is 12.1 Å². The van der Waals surface area contributed by atoms with Gasteiger partial charge in [0.15, 0.2) is 0 Å². The SMILES string of the molecule is CC1CC(C)(C)CC12CN(C(=O)OCc1ccccc1)CC2C(=O)O. The van der Waals surface area contributed by atoms with Gasteiger partial charge >= 0.3 is 12.1 Å². The average molecular weight is 345 g/mol. The summed E-state index contributed by atoms with van der Waals surface area (Å²) < 4.78 is 5.42. The third kappa shape index (κ3) is 3.37. The Bertz CT molecular complexity index is 657. The van der Waals surface area contributed by atoms with E-state index >= 15 is 0 Å². The Morgan fingerprint density at radius 1 is 1.28 bits per heavy atom. The van der Waals surface area contributed by atoms with E-state index < -0.39 is 18.0 Å². The number of benzene rings is 1. The molecule has 25 heavy (non-hydrogen) atoms. The molecule has 136 valence electrons. The van der Waals surface area contributed by atoms with E-state index in [0.717, 1.165) is 18.4 Å². The van der Waals surface area contributed by atoms with Gasteiger partial charge in [0.25, 0.3) is 0 Å². The zero-order valence-electron chi connectivity index (χ0n) is 15.2. The van der Waals surface area contributed by atoms with Crippen LogP contribution in [0.4, 0.5) is 4.79 Å². The van der Waals surface area contributed by atoms with Crippen LogP contribution in [0.15, 0.2) is 30.3 Å². The first-order valence-corrected chi connectivity index (χ1v) is 8.92. The fraction of sp³-hybridized carbons (Fsp3) is 0.600. The summed E-state index contributed by atoms with van der Waals surface area (Å²) in [5, 5.41) is 9.76. The van der Waals surface area contributed by atoms with Gasteiger partial charge in [0, 0.05) is 18.5 Å². The van der Waals surface area contributed by atoms with Crippen molar-refractivity contribution in [3.63, 3.8) is 0 Å². The number of carboxylic acid groups (broad SMARTS) is 1. The predicted molar refractivity (Wildman–Crippen MR) is 93.9 cm³/mol. The molecule has 5 heteroatoms. The molecular weight excluding hydrogens is 318 g/mol. The van der Waals surface area contributed by atoms with Crippen molar-refractivity contribution in [1.82, 2.24) is 4.90 Å². The van der Waals surface area contributed by atoms with E-state index in [4.69, 9.17) is 4.74 Å². The van der Waals surface area contributed by atoms with Crippen LogP contribution in [-0.4, -0.2) is 35.2 Å². The summed E-state index contributed by atoms with van der Waals surface area (Å²) >= 11 is 0. The van der Waals surface area contributed by atoms with E-state index in [-0.39, 0.29) is 29.9 Å². The Balaban J connectivity index is 1.72. The number of carbonyl (C=O) groups excluding carboxylic acids is 1. The van der Waals surface area contributed by atoms with Gasteiger partial charge in [0.2, 0.25) is 0 Å². The van der Waals surface area contributed by atoms with Crippen molar-refractivity contribution in [3.8, 4) is 0 Å². The number of hydrogen-bond acceptors (Lipinski definition) is 3. The van der Waals surface area contributed by atoms with Crippen molar-refractivity contribution in [1.29, 1.82) is 0 Å². The number of amides is 1. The molecule has 1 N–H and O–H groups in total. The highest BCUT2D eigenvalue weighted by Gasteiger charge is 2.60. The Morgan fingerprint density at radius 2 is 1.96 bits per heavy atom. The summed E-state index contributed by atoms with van der Waals surface area (Å²) in [4.78, 5) is 26.0. The van der Waals surface area contributed by atoms with Crippen LogP contribution in [-0.2, 0) is 16.1 Å². The van der Waals surface area contributed by atoms with Crippen molar-refractivity contribution in [3.05, 3.63) is 35.9 Å². The minimum atomic E-state index is -0.803. The summed E-state index contributed by atoms with van der Waals surface area (Å²) in [7, 11) is 0. The lowest BCUT2D eigenvalue weighted by atomic mass is 9.70. The second-order valence-corrected chi connectivity index (χ2v) is 8.49. The Morgan fingerprint density at radius 3 is 2.52 bits per heavy atom. The molecule has 0 aromatic heterocycles. The minimum absolute atomic E-state index is 0.108. The van der Waals surface area contributed by atoms with E-state index in [1.165, 1.54) is 0 Å². The number of hydrogen-bond donors (Lipinski definition) is 1. The van der Waals surface area contributed by atoms with Crippen molar-refractivity contribution < 1.29 is 19.4 Å². The summed E-state index contributed by atoms with van der Waals surface area (Å²) in [6, 6.07) is 9.52. The quantitative estimate of drug-likeness (QED) is 0.905. The van der Waals surface area contributed by atoms with Crippen LogP contribution in [0, 0.1) is 22.7 Å². The van der Waals surface area contributed by atoms with E-state index in [1.807, 2.05) is 30.3 Å². The lowest BCUT2D eigenvalue weighted by molar-refractivity contribution is -0.145. The van der Waals surface area contributed by atoms with Gasteiger partial charge in [-0.05, 0) is 29.7 Å². The number of carboxylic acids is 1. The summed E-state index contributed by atoms with van der Waals surface area (Å²) in [6.45, 7) is 7.43. The molecule has 1 aliphatic carbocycles. The first kappa shape index (κ1) is 17.8. The molecule has 3 atom stereocenters. The largest absolute Gasteiger partial charge is 0.481 e. The van der Waals surface area contributed by atoms with Crippen LogP contribution in [0.1, 0.15) is 39.2 Å². The molecule has 0 radical (unpaired) electrons. The zero-order chi connectivity index (χ0) is 18.2. The van der Waals surface area contributed by atoms with Crippen LogP contribution in [0.5, 0.6) is 0 Å². The highest BCUT2D eigenvalue weighted by molar-refractivity contribution is 5.75. The number of carbonyl (C=O) groups is 2. The third-order valence-corrected chi connectivity index (χ3v) is 5.99. The Labute approximate surface area is 149 Å². The van der Waals surface area contributed by atoms with E-state index in [2.05, 4.69) is 20.8 Å². The van der Waals surface area contributed by atoms with Crippen LogP contribution >= 0.6 is 0 Å². The van der Waals surface area contributed by atoms with Crippen LogP contribution in [0.2, 0.25) is 0 Å². The van der Waals surface area contributed by atoms with Gasteiger partial charge in [-0.3, -0.25) is 4.79 Å². The number of aliphatic carboxylic acids is 1. The van der Waals surface area contributed by atoms with Gasteiger partial charge < -0.3 is 14.7 Å². The molecule has 3 unspecified atom stereocenters. The molecule has 1 amide bonds. The molecule has 1 saturated carbocycles. The standard InChI is InChI=1S/C20H27NO4/c1-14-9-19(2,3)12-20(14)13-21(10-16(20)17(22)23)18(24)25-11-15-7-5-4-6-8-15/h4-8,14,16H,9-13H2,1-3H3,(H,22,23). The first-order chi connectivity index (χ1) is 11.7. The molecular formula is C20H27NO4. The second-order valence-electron chi connectivity index (χ2n) is 8.49. The highest BCUT2D eigenvalue weighted by Crippen LogP contribution is 2.59. The number of rotatable bonds is 3. The maximum atomic E-state index is 12.5. The van der Waals surface area contributed by atoms with Crippen molar-refractivity contribution in [2.24, 2.45) is 22.7 Å². The van der Waals surface area contributed by atoms with Gasteiger partial charge in [-0.1, -0.05) is 51.1 Å². The highest BCUT2D eigenvalue weighted by atomic mass is 16.6. The molecule has 1 aromatic rings. The smallest absolute Gasteiger partial charge is 0.410 e. The summed E-state index contributed by atoms with van der Waals surface area (Å²) in [5.74, 6) is -1.05. The fourth-order valence-corrected chi connectivity index (χ4v) is 5.05. The fourth-order valence-electron chi connectivity index (χ4n) is 5.05. The number of nitrogens with zero attached hydrogens (tertiary/aromatic N) is 1. The van der Waals surface area contributed by atoms with Crippen LogP contribution < -0.4 is 0 Å². The number of likely N-dealkylation sites (tertiary alicyclic amines) is 1. The average Bonchev–Trinajstić information content (AvgIpc) is 3.03. The van der Waals surface area contributed by atoms with E-state index in [9.17, 15) is 14.7 Å². The topological polar surface area (TPSA) is 66.8 Å². The summed E-state index contributed by atoms with van der Waals surface area (Å²) in [6.07, 6.45) is 1.41. The molecule has 1 aromatic carbocycles. The van der Waals surface area contributed by atoms with Gasteiger partial charge in [-0.2, -0.15) is 0 Å². The van der Waals surface area contributed by atoms with Crippen LogP contribution in [0.3, 0.4) is 0 Å². The van der Waals surface area contributed by atoms with Crippen LogP contribution in [0.25, 0.3) is 0 Å². The molecule has 1 spiro atoms. The van der Waals surface area contributed by atoms with Gasteiger partial charge in [0.1, 0.15) is 6.61 Å². The molecule has 0 bridgehead atoms. The molecule has 5 nitrogen and oxygen atoms in total. The molecule has 1 heterocycles. The predicted octanol–water partition coefficient (Wildman–Crippen LogP) is 3.78. The van der Waals surface area contributed by atoms with E-state index in [0.29, 0.717) is 6.54 Å². The first-order valence-electron chi connectivity index (χ1n) is 8.92. The summed E-state index contributed by atoms with van der Waals surface area (Å²) in [5.41, 5.74) is 0.688. The lowest BCUT2D eigenvalue weighted by Crippen LogP contribution is -2.38. The molecule has 3 rings (SSSR count). The normalized spacial score (nSPS) is 30.6. The maximum absolute atomic E-state index is 12.5. The lowest BCUT2D eigenvalue weighted by Gasteiger charge is -2.33. The number of ether oxygens (including phenoxy) is 1. The second kappa shape index (κ2) is 6.36. The van der Waals surface area contributed by atoms with Gasteiger partial charge in [-0.25, -0.2) is 4.79 Å². The monoisotopic (exact) mass is 345 g/mol. The van der Waals surface area contributed by atoms with Crippen molar-refractivity contribution in [2.45, 2.75) is 40.2 Å². The Hall–Kier alpha value is -2.04. The van der Waals surface area contributed by atoms with Gasteiger partial charge in [-0.15, -0.1) is 0 Å². The van der Waals surface area contributed by atoms with Gasteiger partial charge in [0.05, 0.1) is 5.92 Å². The molecule has 1 saturated heterocycles. The van der Waals surface area contributed by atoms with E-state index in [1.54, 1.807) is 4.90 Å². The maximum Gasteiger partial charge on any atom is 0.410 e. The zero-order valence-corrected chi connectivity index (χ0v) is 15.2.